The molecule has 0 unspecified atom stereocenters. The lowest BCUT2D eigenvalue weighted by Crippen LogP contribution is -2.10. The lowest BCUT2D eigenvalue weighted by molar-refractivity contribution is 0.929. The molecule has 1 heteroatoms. The molecule has 0 atom stereocenters. The summed E-state index contributed by atoms with van der Waals surface area (Å²) >= 11 is 0. The van der Waals surface area contributed by atoms with Crippen molar-refractivity contribution < 1.29 is 0 Å². The minimum Gasteiger partial charge on any atom is -0.316 e. The van der Waals surface area contributed by atoms with Crippen molar-refractivity contribution in [1.29, 1.82) is 0 Å². The van der Waals surface area contributed by atoms with E-state index < -0.39 is 0 Å². The number of allylic oxidation sites excluding steroid dienone is 2. The zero-order chi connectivity index (χ0) is 12.1. The third-order valence-corrected chi connectivity index (χ3v) is 2.78. The molecular formula is C15H21N. The van der Waals surface area contributed by atoms with Gasteiger partial charge in [-0.2, -0.15) is 0 Å². The highest BCUT2D eigenvalue weighted by molar-refractivity contribution is 5.72. The Hall–Kier alpha value is -1.34. The maximum absolute atomic E-state index is 3.97. The van der Waals surface area contributed by atoms with Crippen LogP contribution in [0.15, 0.2) is 30.9 Å². The van der Waals surface area contributed by atoms with E-state index in [1.165, 1.54) is 22.3 Å². The van der Waals surface area contributed by atoms with Crippen LogP contribution in [0.1, 0.15) is 30.5 Å². The van der Waals surface area contributed by atoms with Crippen LogP contribution < -0.4 is 5.32 Å². The molecule has 1 aromatic rings. The van der Waals surface area contributed by atoms with Gasteiger partial charge in [0.15, 0.2) is 0 Å². The summed E-state index contributed by atoms with van der Waals surface area (Å²) in [7, 11) is 1.97. The Kier molecular flexibility index (Phi) is 4.51. The largest absolute Gasteiger partial charge is 0.316 e. The Morgan fingerprint density at radius 2 is 2.12 bits per heavy atom. The molecule has 0 heterocycles. The summed E-state index contributed by atoms with van der Waals surface area (Å²) in [5, 5.41) is 3.20. The first-order valence-electron chi connectivity index (χ1n) is 5.66. The van der Waals surface area contributed by atoms with Gasteiger partial charge in [0.25, 0.3) is 0 Å². The fourth-order valence-electron chi connectivity index (χ4n) is 1.83. The van der Waals surface area contributed by atoms with Crippen LogP contribution in [-0.2, 0) is 0 Å². The van der Waals surface area contributed by atoms with E-state index in [4.69, 9.17) is 0 Å². The first-order valence-corrected chi connectivity index (χ1v) is 5.66. The predicted octanol–water partition coefficient (Wildman–Crippen LogP) is 3.65. The summed E-state index contributed by atoms with van der Waals surface area (Å²) in [6.45, 7) is 11.2. The first-order chi connectivity index (χ1) is 7.60. The van der Waals surface area contributed by atoms with E-state index in [-0.39, 0.29) is 0 Å². The fraction of sp³-hybridized carbons (Fsp3) is 0.333. The van der Waals surface area contributed by atoms with Gasteiger partial charge in [-0.3, -0.25) is 0 Å². The molecule has 0 aliphatic carbocycles. The van der Waals surface area contributed by atoms with Gasteiger partial charge in [0.1, 0.15) is 0 Å². The van der Waals surface area contributed by atoms with Crippen LogP contribution in [0.5, 0.6) is 0 Å². The molecule has 86 valence electrons. The number of rotatable bonds is 4. The second-order valence-electron chi connectivity index (χ2n) is 4.15. The van der Waals surface area contributed by atoms with Crippen molar-refractivity contribution in [2.24, 2.45) is 0 Å². The van der Waals surface area contributed by atoms with E-state index in [1.54, 1.807) is 0 Å². The second kappa shape index (κ2) is 5.66. The van der Waals surface area contributed by atoms with Gasteiger partial charge in [-0.15, -0.1) is 0 Å². The number of likely N-dealkylation sites (N-methyl/N-ethyl adjacent to an activating group) is 1. The molecule has 16 heavy (non-hydrogen) atoms. The van der Waals surface area contributed by atoms with Gasteiger partial charge in [0.2, 0.25) is 0 Å². The highest BCUT2D eigenvalue weighted by Crippen LogP contribution is 2.22. The highest BCUT2D eigenvalue weighted by Gasteiger charge is 2.04. The maximum Gasteiger partial charge on any atom is 0.0205 e. The molecule has 0 saturated heterocycles. The molecule has 0 aromatic heterocycles. The topological polar surface area (TPSA) is 12.0 Å². The number of aryl methyl sites for hydroxylation is 1. The minimum atomic E-state index is 0.907. The van der Waals surface area contributed by atoms with Gasteiger partial charge in [-0.25, -0.2) is 0 Å². The van der Waals surface area contributed by atoms with Crippen molar-refractivity contribution in [3.63, 3.8) is 0 Å². The van der Waals surface area contributed by atoms with Crippen molar-refractivity contribution in [3.8, 4) is 0 Å². The molecule has 0 bridgehead atoms. The molecule has 0 aliphatic rings. The Bertz CT molecular complexity index is 413. The average Bonchev–Trinajstić information content (AvgIpc) is 2.26. The second-order valence-corrected chi connectivity index (χ2v) is 4.15. The van der Waals surface area contributed by atoms with Gasteiger partial charge in [-0.05, 0) is 50.1 Å². The van der Waals surface area contributed by atoms with E-state index in [0.717, 1.165) is 12.1 Å². The lowest BCUT2D eigenvalue weighted by atomic mass is 9.96. The van der Waals surface area contributed by atoms with E-state index in [2.05, 4.69) is 50.0 Å². The molecule has 0 fully saturated rings. The third-order valence-electron chi connectivity index (χ3n) is 2.78. The van der Waals surface area contributed by atoms with E-state index in [0.29, 0.717) is 0 Å². The normalized spacial score (nSPS) is 11.6. The zero-order valence-corrected chi connectivity index (χ0v) is 10.7. The quantitative estimate of drug-likeness (QED) is 0.808. The molecule has 1 rings (SSSR count). The zero-order valence-electron chi connectivity index (χ0n) is 10.7. The Morgan fingerprint density at radius 3 is 2.56 bits per heavy atom. The van der Waals surface area contributed by atoms with Crippen LogP contribution in [0.4, 0.5) is 0 Å². The molecule has 0 aliphatic heterocycles. The first kappa shape index (κ1) is 12.7. The maximum atomic E-state index is 3.97. The average molecular weight is 215 g/mol. The van der Waals surface area contributed by atoms with Gasteiger partial charge in [-0.1, -0.05) is 36.4 Å². The summed E-state index contributed by atoms with van der Waals surface area (Å²) in [6.07, 6.45) is 2.17. The number of benzene rings is 1. The number of nitrogens with one attached hydrogen (secondary N) is 1. The van der Waals surface area contributed by atoms with Crippen LogP contribution in [0.25, 0.3) is 11.1 Å². The van der Waals surface area contributed by atoms with Crippen LogP contribution in [0, 0.1) is 6.92 Å². The molecule has 0 saturated carbocycles. The Balaban J connectivity index is 3.12. The molecular weight excluding hydrogens is 194 g/mol. The van der Waals surface area contributed by atoms with Crippen LogP contribution in [0.3, 0.4) is 0 Å². The van der Waals surface area contributed by atoms with E-state index >= 15 is 0 Å². The molecule has 0 radical (unpaired) electrons. The van der Waals surface area contributed by atoms with Crippen molar-refractivity contribution in [3.05, 3.63) is 47.5 Å². The van der Waals surface area contributed by atoms with Crippen molar-refractivity contribution in [2.45, 2.75) is 20.8 Å². The SMILES string of the molecule is C=C(C)c1ccc(/C(=C/C)CNC)c(C)c1. The van der Waals surface area contributed by atoms with Crippen LogP contribution >= 0.6 is 0 Å². The molecule has 0 amide bonds. The van der Waals surface area contributed by atoms with Gasteiger partial charge < -0.3 is 5.32 Å². The van der Waals surface area contributed by atoms with Crippen LogP contribution in [0.2, 0.25) is 0 Å². The summed E-state index contributed by atoms with van der Waals surface area (Å²) in [4.78, 5) is 0. The third kappa shape index (κ3) is 2.83. The minimum absolute atomic E-state index is 0.907. The van der Waals surface area contributed by atoms with Crippen molar-refractivity contribution in [1.82, 2.24) is 5.32 Å². The molecule has 1 aromatic carbocycles. The smallest absolute Gasteiger partial charge is 0.0205 e. The number of hydrogen-bond donors (Lipinski definition) is 1. The number of hydrogen-bond acceptors (Lipinski definition) is 1. The van der Waals surface area contributed by atoms with Gasteiger partial charge in [0, 0.05) is 6.54 Å². The van der Waals surface area contributed by atoms with E-state index in [9.17, 15) is 0 Å². The monoisotopic (exact) mass is 215 g/mol. The Labute approximate surface area is 98.9 Å². The standard InChI is InChI=1S/C15H21N/c1-6-13(10-16-5)15-8-7-14(11(2)3)9-12(15)4/h6-9,16H,2,10H2,1,3-5H3/b13-6+. The van der Waals surface area contributed by atoms with Crippen molar-refractivity contribution in [2.75, 3.05) is 13.6 Å². The summed E-state index contributed by atoms with van der Waals surface area (Å²) in [5.41, 5.74) is 6.31. The summed E-state index contributed by atoms with van der Waals surface area (Å²) in [6, 6.07) is 6.53. The predicted molar refractivity (Wildman–Crippen MR) is 73.5 cm³/mol. The van der Waals surface area contributed by atoms with Crippen LogP contribution in [-0.4, -0.2) is 13.6 Å². The highest BCUT2D eigenvalue weighted by atomic mass is 14.8. The molecule has 1 N–H and O–H groups in total. The van der Waals surface area contributed by atoms with Crippen molar-refractivity contribution >= 4 is 11.1 Å². The van der Waals surface area contributed by atoms with Gasteiger partial charge in [0.05, 0.1) is 0 Å². The van der Waals surface area contributed by atoms with Gasteiger partial charge >= 0.3 is 0 Å². The van der Waals surface area contributed by atoms with E-state index in [1.807, 2.05) is 14.0 Å². The summed E-state index contributed by atoms with van der Waals surface area (Å²) in [5.74, 6) is 0. The summed E-state index contributed by atoms with van der Waals surface area (Å²) < 4.78 is 0. The molecule has 1 nitrogen and oxygen atoms in total. The Morgan fingerprint density at radius 1 is 1.44 bits per heavy atom. The molecule has 0 spiro atoms. The fourth-order valence-corrected chi connectivity index (χ4v) is 1.83. The lowest BCUT2D eigenvalue weighted by Gasteiger charge is -2.12.